The number of anilines is 1. The molecule has 0 fully saturated rings. The zero-order valence-corrected chi connectivity index (χ0v) is 11.9. The van der Waals surface area contributed by atoms with Gasteiger partial charge in [-0.25, -0.2) is 0 Å². The van der Waals surface area contributed by atoms with Crippen molar-refractivity contribution in [2.24, 2.45) is 0 Å². The lowest BCUT2D eigenvalue weighted by molar-refractivity contribution is 0.302. The Morgan fingerprint density at radius 2 is 1.56 bits per heavy atom. The Hall–Kier alpha value is -1.09. The average Bonchev–Trinajstić information content (AvgIpc) is 2.35. The first-order valence-corrected chi connectivity index (χ1v) is 6.91. The molecule has 0 saturated heterocycles. The summed E-state index contributed by atoms with van der Waals surface area (Å²) in [6.07, 6.45) is 4.19. The van der Waals surface area contributed by atoms with Crippen LogP contribution in [0.25, 0.3) is 0 Å². The summed E-state index contributed by atoms with van der Waals surface area (Å²) in [6.45, 7) is 5.55. The second-order valence-electron chi connectivity index (χ2n) is 4.22. The minimum Gasteiger partial charge on any atom is -0.492 e. The maximum Gasteiger partial charge on any atom is 0.143 e. The van der Waals surface area contributed by atoms with Crippen LogP contribution in [0.15, 0.2) is 12.1 Å². The molecule has 0 aromatic heterocycles. The normalized spacial score (nSPS) is 10.4. The molecule has 0 heterocycles. The molecule has 0 aliphatic carbocycles. The average molecular weight is 272 g/mol. The van der Waals surface area contributed by atoms with Crippen molar-refractivity contribution in [1.82, 2.24) is 0 Å². The smallest absolute Gasteiger partial charge is 0.143 e. The molecule has 0 saturated carbocycles. The molecule has 4 heteroatoms. The van der Waals surface area contributed by atoms with Gasteiger partial charge in [-0.05, 0) is 12.8 Å². The second kappa shape index (κ2) is 8.09. The van der Waals surface area contributed by atoms with Crippen molar-refractivity contribution in [3.8, 4) is 11.5 Å². The fraction of sp³-hybridized carbons (Fsp3) is 0.571. The molecule has 0 spiro atoms. The van der Waals surface area contributed by atoms with Crippen LogP contribution in [-0.4, -0.2) is 13.2 Å². The van der Waals surface area contributed by atoms with Gasteiger partial charge in [0.15, 0.2) is 0 Å². The highest BCUT2D eigenvalue weighted by molar-refractivity contribution is 6.32. The van der Waals surface area contributed by atoms with Crippen LogP contribution in [0.3, 0.4) is 0 Å². The molecular weight excluding hydrogens is 250 g/mol. The molecule has 3 nitrogen and oxygen atoms in total. The summed E-state index contributed by atoms with van der Waals surface area (Å²) in [5.74, 6) is 1.27. The molecule has 0 radical (unpaired) electrons. The number of halogens is 1. The van der Waals surface area contributed by atoms with Gasteiger partial charge in [-0.2, -0.15) is 0 Å². The van der Waals surface area contributed by atoms with Crippen LogP contribution in [0.4, 0.5) is 5.69 Å². The lowest BCUT2D eigenvalue weighted by Gasteiger charge is -2.12. The largest absolute Gasteiger partial charge is 0.492 e. The lowest BCUT2D eigenvalue weighted by Crippen LogP contribution is -2.02. The van der Waals surface area contributed by atoms with E-state index in [1.54, 1.807) is 12.1 Å². The third-order valence-electron chi connectivity index (χ3n) is 2.58. The summed E-state index contributed by atoms with van der Waals surface area (Å²) in [7, 11) is 0. The molecule has 1 aromatic carbocycles. The van der Waals surface area contributed by atoms with E-state index in [-0.39, 0.29) is 0 Å². The van der Waals surface area contributed by atoms with Gasteiger partial charge < -0.3 is 15.2 Å². The number of ether oxygens (including phenoxy) is 2. The lowest BCUT2D eigenvalue weighted by atomic mass is 10.2. The monoisotopic (exact) mass is 271 g/mol. The second-order valence-corrected chi connectivity index (χ2v) is 4.63. The molecular formula is C14H22ClNO2. The summed E-state index contributed by atoms with van der Waals surface area (Å²) >= 11 is 6.13. The summed E-state index contributed by atoms with van der Waals surface area (Å²) in [4.78, 5) is 0. The zero-order valence-electron chi connectivity index (χ0n) is 11.2. The minimum absolute atomic E-state index is 0.548. The third kappa shape index (κ3) is 4.65. The standard InChI is InChI=1S/C14H22ClNO2/c1-3-5-7-17-13-10-12(16)14(9-11(13)15)18-8-6-4-2/h9-10H,3-8,16H2,1-2H3. The number of nitrogens with two attached hydrogens (primary N) is 1. The first kappa shape index (κ1) is 15.0. The van der Waals surface area contributed by atoms with Gasteiger partial charge in [0.1, 0.15) is 11.5 Å². The SMILES string of the molecule is CCCCOc1cc(Cl)c(OCCCC)cc1N. The molecule has 102 valence electrons. The molecule has 0 bridgehead atoms. The van der Waals surface area contributed by atoms with E-state index in [2.05, 4.69) is 13.8 Å². The van der Waals surface area contributed by atoms with Crippen LogP contribution < -0.4 is 15.2 Å². The van der Waals surface area contributed by atoms with Crippen molar-refractivity contribution in [2.45, 2.75) is 39.5 Å². The summed E-state index contributed by atoms with van der Waals surface area (Å²) in [5, 5.41) is 0.548. The highest BCUT2D eigenvalue weighted by Gasteiger charge is 2.08. The predicted octanol–water partition coefficient (Wildman–Crippen LogP) is 4.28. The van der Waals surface area contributed by atoms with Gasteiger partial charge in [0.25, 0.3) is 0 Å². The molecule has 1 rings (SSSR count). The van der Waals surface area contributed by atoms with Crippen LogP contribution in [0.1, 0.15) is 39.5 Å². The van der Waals surface area contributed by atoms with E-state index in [1.165, 1.54) is 0 Å². The van der Waals surface area contributed by atoms with Crippen LogP contribution in [0.2, 0.25) is 5.02 Å². The summed E-state index contributed by atoms with van der Waals surface area (Å²) in [5.41, 5.74) is 6.48. The van der Waals surface area contributed by atoms with E-state index < -0.39 is 0 Å². The van der Waals surface area contributed by atoms with Crippen LogP contribution in [0.5, 0.6) is 11.5 Å². The molecule has 18 heavy (non-hydrogen) atoms. The Morgan fingerprint density at radius 3 is 2.11 bits per heavy atom. The van der Waals surface area contributed by atoms with Crippen LogP contribution in [0, 0.1) is 0 Å². The van der Waals surface area contributed by atoms with E-state index in [4.69, 9.17) is 26.8 Å². The topological polar surface area (TPSA) is 44.5 Å². The van der Waals surface area contributed by atoms with Gasteiger partial charge in [-0.1, -0.05) is 38.3 Å². The van der Waals surface area contributed by atoms with Crippen molar-refractivity contribution < 1.29 is 9.47 Å². The maximum atomic E-state index is 6.13. The first-order chi connectivity index (χ1) is 8.69. The van der Waals surface area contributed by atoms with Crippen molar-refractivity contribution in [2.75, 3.05) is 18.9 Å². The molecule has 0 unspecified atom stereocenters. The first-order valence-electron chi connectivity index (χ1n) is 6.53. The fourth-order valence-electron chi connectivity index (χ4n) is 1.44. The van der Waals surface area contributed by atoms with Gasteiger partial charge in [0, 0.05) is 12.1 Å². The number of nitrogen functional groups attached to an aromatic ring is 1. The predicted molar refractivity (Wildman–Crippen MR) is 76.7 cm³/mol. The maximum absolute atomic E-state index is 6.13. The number of unbranched alkanes of at least 4 members (excludes halogenated alkanes) is 2. The van der Waals surface area contributed by atoms with Gasteiger partial charge in [-0.3, -0.25) is 0 Å². The van der Waals surface area contributed by atoms with Gasteiger partial charge in [0.2, 0.25) is 0 Å². The van der Waals surface area contributed by atoms with E-state index in [0.29, 0.717) is 35.4 Å². The Morgan fingerprint density at radius 1 is 1.00 bits per heavy atom. The number of rotatable bonds is 8. The molecule has 0 atom stereocenters. The summed E-state index contributed by atoms with van der Waals surface area (Å²) < 4.78 is 11.1. The Labute approximate surface area is 114 Å². The van der Waals surface area contributed by atoms with Crippen molar-refractivity contribution in [1.29, 1.82) is 0 Å². The van der Waals surface area contributed by atoms with Gasteiger partial charge in [0.05, 0.1) is 23.9 Å². The van der Waals surface area contributed by atoms with Crippen molar-refractivity contribution in [3.63, 3.8) is 0 Å². The van der Waals surface area contributed by atoms with E-state index in [9.17, 15) is 0 Å². The number of benzene rings is 1. The van der Waals surface area contributed by atoms with E-state index in [0.717, 1.165) is 25.7 Å². The Balaban J connectivity index is 2.64. The molecule has 0 aliphatic rings. The molecule has 2 N–H and O–H groups in total. The number of hydrogen-bond acceptors (Lipinski definition) is 3. The van der Waals surface area contributed by atoms with Gasteiger partial charge in [-0.15, -0.1) is 0 Å². The third-order valence-corrected chi connectivity index (χ3v) is 2.87. The molecule has 1 aromatic rings. The quantitative estimate of drug-likeness (QED) is 0.567. The zero-order chi connectivity index (χ0) is 13.4. The van der Waals surface area contributed by atoms with Crippen molar-refractivity contribution >= 4 is 17.3 Å². The minimum atomic E-state index is 0.548. The van der Waals surface area contributed by atoms with E-state index >= 15 is 0 Å². The van der Waals surface area contributed by atoms with E-state index in [1.807, 2.05) is 0 Å². The van der Waals surface area contributed by atoms with Crippen LogP contribution >= 0.6 is 11.6 Å². The van der Waals surface area contributed by atoms with Crippen LogP contribution in [-0.2, 0) is 0 Å². The van der Waals surface area contributed by atoms with Gasteiger partial charge >= 0.3 is 0 Å². The fourth-order valence-corrected chi connectivity index (χ4v) is 1.65. The summed E-state index contributed by atoms with van der Waals surface area (Å²) in [6, 6.07) is 3.47. The van der Waals surface area contributed by atoms with Crippen molar-refractivity contribution in [3.05, 3.63) is 17.2 Å². The Bertz CT molecular complexity index is 333. The molecule has 0 aliphatic heterocycles. The highest BCUT2D eigenvalue weighted by Crippen LogP contribution is 2.34. The Kier molecular flexibility index (Phi) is 6.73. The highest BCUT2D eigenvalue weighted by atomic mass is 35.5. The molecule has 0 amide bonds. The number of hydrogen-bond donors (Lipinski definition) is 1.